The third-order valence-electron chi connectivity index (χ3n) is 8.37. The number of rotatable bonds is 8. The van der Waals surface area contributed by atoms with Gasteiger partial charge in [0, 0.05) is 52.1 Å². The molecule has 0 saturated heterocycles. The lowest BCUT2D eigenvalue weighted by Crippen LogP contribution is -2.59. The Hall–Kier alpha value is -3.97. The van der Waals surface area contributed by atoms with Crippen LogP contribution in [0.2, 0.25) is 0 Å². The molecule has 40 heavy (non-hydrogen) atoms. The van der Waals surface area contributed by atoms with Crippen LogP contribution in [0.1, 0.15) is 60.0 Å². The monoisotopic (exact) mass is 550 g/mol. The number of nitrogens with zero attached hydrogens (tertiary/aromatic N) is 1. The van der Waals surface area contributed by atoms with Crippen LogP contribution in [0.15, 0.2) is 85.2 Å². The first-order valence-electron chi connectivity index (χ1n) is 14.0. The molecule has 3 heterocycles. The number of pyridine rings is 1. The van der Waals surface area contributed by atoms with Gasteiger partial charge in [-0.05, 0) is 61.0 Å². The molecule has 5 aromatic rings. The van der Waals surface area contributed by atoms with E-state index < -0.39 is 5.54 Å². The van der Waals surface area contributed by atoms with Crippen molar-refractivity contribution in [1.29, 1.82) is 0 Å². The minimum absolute atomic E-state index is 0.187. The predicted molar refractivity (Wildman–Crippen MR) is 162 cm³/mol. The van der Waals surface area contributed by atoms with E-state index in [1.165, 1.54) is 17.8 Å². The Bertz CT molecular complexity index is 1620. The van der Waals surface area contributed by atoms with Crippen LogP contribution in [0, 0.1) is 0 Å². The van der Waals surface area contributed by atoms with E-state index in [2.05, 4.69) is 21.7 Å². The van der Waals surface area contributed by atoms with Gasteiger partial charge in [0.15, 0.2) is 0 Å². The third kappa shape index (κ3) is 5.13. The van der Waals surface area contributed by atoms with Crippen LogP contribution in [0.25, 0.3) is 21.0 Å². The van der Waals surface area contributed by atoms with Gasteiger partial charge in [-0.3, -0.25) is 14.6 Å². The van der Waals surface area contributed by atoms with Crippen molar-refractivity contribution in [1.82, 2.24) is 20.6 Å². The molecule has 6 rings (SSSR count). The second kappa shape index (κ2) is 10.9. The van der Waals surface area contributed by atoms with Crippen LogP contribution in [0.5, 0.6) is 0 Å². The average Bonchev–Trinajstić information content (AvgIpc) is 3.61. The quantitative estimate of drug-likeness (QED) is 0.205. The minimum atomic E-state index is -1.17. The number of hydrogen-bond acceptors (Lipinski definition) is 4. The Morgan fingerprint density at radius 1 is 1.00 bits per heavy atom. The molecule has 1 aliphatic carbocycles. The molecule has 1 aliphatic rings. The highest BCUT2D eigenvalue weighted by atomic mass is 32.1. The Balaban J connectivity index is 1.30. The molecule has 0 aliphatic heterocycles. The summed E-state index contributed by atoms with van der Waals surface area (Å²) in [7, 11) is 0. The number of aromatic nitrogens is 2. The lowest BCUT2D eigenvalue weighted by Gasteiger charge is -2.38. The van der Waals surface area contributed by atoms with Crippen LogP contribution in [-0.2, 0) is 16.6 Å². The molecule has 1 unspecified atom stereocenters. The molecule has 7 heteroatoms. The summed E-state index contributed by atoms with van der Waals surface area (Å²) < 4.78 is 1.05. The molecule has 2 aromatic carbocycles. The number of benzene rings is 2. The summed E-state index contributed by atoms with van der Waals surface area (Å²) >= 11 is 1.44. The molecule has 3 N–H and O–H groups in total. The number of para-hydroxylation sites is 1. The van der Waals surface area contributed by atoms with E-state index in [0.717, 1.165) is 57.9 Å². The van der Waals surface area contributed by atoms with Crippen LogP contribution in [0.3, 0.4) is 0 Å². The number of amides is 2. The maximum atomic E-state index is 14.1. The van der Waals surface area contributed by atoms with Gasteiger partial charge in [0.2, 0.25) is 5.91 Å². The predicted octanol–water partition coefficient (Wildman–Crippen LogP) is 6.53. The molecular formula is C33H34N4O2S. The van der Waals surface area contributed by atoms with Crippen molar-refractivity contribution in [3.63, 3.8) is 0 Å². The van der Waals surface area contributed by atoms with E-state index in [1.54, 1.807) is 0 Å². The van der Waals surface area contributed by atoms with Crippen LogP contribution in [-0.4, -0.2) is 33.9 Å². The molecule has 0 spiro atoms. The molecule has 6 nitrogen and oxygen atoms in total. The summed E-state index contributed by atoms with van der Waals surface area (Å²) in [5.41, 5.74) is 1.65. The van der Waals surface area contributed by atoms with Gasteiger partial charge >= 0.3 is 0 Å². The van der Waals surface area contributed by atoms with E-state index in [4.69, 9.17) is 4.98 Å². The van der Waals surface area contributed by atoms with Crippen molar-refractivity contribution in [2.75, 3.05) is 6.54 Å². The summed E-state index contributed by atoms with van der Waals surface area (Å²) in [6, 6.07) is 23.9. The van der Waals surface area contributed by atoms with Gasteiger partial charge in [-0.2, -0.15) is 0 Å². The van der Waals surface area contributed by atoms with Gasteiger partial charge in [0.25, 0.3) is 5.91 Å². The van der Waals surface area contributed by atoms with Gasteiger partial charge in [-0.25, -0.2) is 0 Å². The number of H-pyrrole nitrogens is 1. The van der Waals surface area contributed by atoms with Crippen molar-refractivity contribution < 1.29 is 9.59 Å². The maximum absolute atomic E-state index is 14.1. The molecule has 1 atom stereocenters. The topological polar surface area (TPSA) is 86.9 Å². The highest BCUT2D eigenvalue weighted by Gasteiger charge is 2.40. The zero-order valence-corrected chi connectivity index (χ0v) is 23.5. The fraction of sp³-hybridized carbons (Fsp3) is 0.303. The summed E-state index contributed by atoms with van der Waals surface area (Å²) in [6.45, 7) is 2.33. The van der Waals surface area contributed by atoms with E-state index in [-0.39, 0.29) is 17.2 Å². The van der Waals surface area contributed by atoms with E-state index in [1.807, 2.05) is 86.0 Å². The van der Waals surface area contributed by atoms with Crippen molar-refractivity contribution in [3.05, 3.63) is 101 Å². The number of hydrogen-bond donors (Lipinski definition) is 3. The lowest BCUT2D eigenvalue weighted by atomic mass is 9.71. The largest absolute Gasteiger partial charge is 0.361 e. The summed E-state index contributed by atoms with van der Waals surface area (Å²) in [5.74, 6) is -0.427. The van der Waals surface area contributed by atoms with Crippen molar-refractivity contribution in [2.45, 2.75) is 56.4 Å². The van der Waals surface area contributed by atoms with Gasteiger partial charge in [0.1, 0.15) is 5.54 Å². The minimum Gasteiger partial charge on any atom is -0.361 e. The maximum Gasteiger partial charge on any atom is 0.262 e. The highest BCUT2D eigenvalue weighted by molar-refractivity contribution is 7.20. The summed E-state index contributed by atoms with van der Waals surface area (Å²) in [6.07, 6.45) is 9.53. The third-order valence-corrected chi connectivity index (χ3v) is 9.48. The van der Waals surface area contributed by atoms with Crippen LogP contribution < -0.4 is 10.6 Å². The van der Waals surface area contributed by atoms with Gasteiger partial charge in [-0.1, -0.05) is 61.7 Å². The number of carbonyl (C=O) groups is 2. The SMILES string of the molecule is CC(Cc1c[nH]c2ccccc12)(NC(=O)c1cc2ccccc2s1)C(=O)NCC1(c2ccccn2)CCCCC1. The van der Waals surface area contributed by atoms with Gasteiger partial charge in [-0.15, -0.1) is 11.3 Å². The Morgan fingerprint density at radius 3 is 2.58 bits per heavy atom. The molecule has 2 amide bonds. The van der Waals surface area contributed by atoms with E-state index >= 15 is 0 Å². The van der Waals surface area contributed by atoms with Crippen molar-refractivity contribution in [2.24, 2.45) is 0 Å². The fourth-order valence-corrected chi connectivity index (χ4v) is 7.08. The molecule has 3 aromatic heterocycles. The fourth-order valence-electron chi connectivity index (χ4n) is 6.12. The number of carbonyl (C=O) groups excluding carboxylic acids is 2. The lowest BCUT2D eigenvalue weighted by molar-refractivity contribution is -0.127. The zero-order chi connectivity index (χ0) is 27.6. The van der Waals surface area contributed by atoms with Crippen LogP contribution >= 0.6 is 11.3 Å². The first-order valence-corrected chi connectivity index (χ1v) is 14.8. The Labute approximate surface area is 238 Å². The van der Waals surface area contributed by atoms with Crippen molar-refractivity contribution in [3.8, 4) is 0 Å². The van der Waals surface area contributed by atoms with E-state index in [9.17, 15) is 9.59 Å². The normalized spacial score (nSPS) is 16.4. The molecule has 204 valence electrons. The van der Waals surface area contributed by atoms with Crippen LogP contribution in [0.4, 0.5) is 0 Å². The standard InChI is InChI=1S/C33H34N4O2S/c1-32(20-24-21-35-26-13-5-4-12-25(24)26,37-30(38)28-19-23-11-3-6-14-27(23)40-28)31(39)36-22-33(16-8-2-9-17-33)29-15-7-10-18-34-29/h3-7,10-15,18-19,21,35H,2,8-9,16-17,20,22H2,1H3,(H,36,39)(H,37,38). The average molecular weight is 551 g/mol. The number of thiophene rings is 1. The first-order chi connectivity index (χ1) is 19.5. The molecule has 1 saturated carbocycles. The first kappa shape index (κ1) is 26.3. The molecular weight excluding hydrogens is 516 g/mol. The highest BCUT2D eigenvalue weighted by Crippen LogP contribution is 2.38. The second-order valence-corrected chi connectivity index (χ2v) is 12.3. The smallest absolute Gasteiger partial charge is 0.262 e. The van der Waals surface area contributed by atoms with Gasteiger partial charge < -0.3 is 15.6 Å². The Morgan fingerprint density at radius 2 is 1.77 bits per heavy atom. The summed E-state index contributed by atoms with van der Waals surface area (Å²) in [5, 5.41) is 8.49. The number of nitrogens with one attached hydrogen (secondary N) is 3. The zero-order valence-electron chi connectivity index (χ0n) is 22.7. The van der Waals surface area contributed by atoms with Gasteiger partial charge in [0.05, 0.1) is 4.88 Å². The summed E-state index contributed by atoms with van der Waals surface area (Å²) in [4.78, 5) is 36.3. The number of fused-ring (bicyclic) bond motifs is 2. The van der Waals surface area contributed by atoms with Crippen molar-refractivity contribution >= 4 is 44.1 Å². The molecule has 1 fully saturated rings. The Kier molecular flexibility index (Phi) is 7.15. The number of aromatic amines is 1. The second-order valence-electron chi connectivity index (χ2n) is 11.2. The molecule has 0 bridgehead atoms. The molecule has 0 radical (unpaired) electrons. The van der Waals surface area contributed by atoms with E-state index in [0.29, 0.717) is 17.8 Å².